The average molecular weight is 820 g/mol. The third kappa shape index (κ3) is 890000. The molecule has 0 nitrogen and oxygen atoms in total. The quantitative estimate of drug-likeness (QED) is 0.169. The van der Waals surface area contributed by atoms with Gasteiger partial charge in [0, 0.05) is 51.4 Å². The third-order valence-electron chi connectivity index (χ3n) is 0. The summed E-state index contributed by atoms with van der Waals surface area (Å²) in [5.41, 5.74) is 0. The summed E-state index contributed by atoms with van der Waals surface area (Å²) >= 11 is 0. The predicted molar refractivity (Wildman–Crippen MR) is 97.4 cm³/mol. The molecule has 0 heterocycles. The third-order valence-corrected chi connectivity index (χ3v) is 0. The zero-order chi connectivity index (χ0) is 40.5. The summed E-state index contributed by atoms with van der Waals surface area (Å²) < 4.78 is 351. The largest absolute Gasteiger partial charge is 0.673 e. The second kappa shape index (κ2) is 29.6. The minimum absolute atomic E-state index is 0. The Balaban J connectivity index is -0.0000000395. The normalized spacial score (nSPS) is 11.7. The maximum absolute atomic E-state index is 9.75. The van der Waals surface area contributed by atoms with Gasteiger partial charge in [0.15, 0.2) is 0 Å². The monoisotopic (exact) mass is 822 g/mol. The summed E-state index contributed by atoms with van der Waals surface area (Å²) in [4.78, 5) is 0. The van der Waals surface area contributed by atoms with Crippen LogP contribution in [0.3, 0.4) is 0 Å². The molecule has 0 aliphatic heterocycles. The minimum Gasteiger partial charge on any atom is -0.418 e. The molecule has 0 aromatic carbocycles. The Labute approximate surface area is 271 Å². The molecule has 0 saturated carbocycles. The topological polar surface area (TPSA) is 0 Å². The van der Waals surface area contributed by atoms with Crippen LogP contribution in [-0.2, 0) is 0 Å². The fraction of sp³-hybridized carbons (Fsp3) is 0. The van der Waals surface area contributed by atoms with Crippen LogP contribution in [-0.4, -0.2) is 117 Å². The summed E-state index contributed by atoms with van der Waals surface area (Å²) in [6.07, 6.45) is 0. The van der Waals surface area contributed by atoms with Crippen LogP contribution in [0.15, 0.2) is 0 Å². The molecule has 0 aliphatic carbocycles. The molecule has 0 fully saturated rings. The molecule has 0 bridgehead atoms. The Morgan fingerprint density at radius 3 is 0.109 bits per heavy atom. The van der Waals surface area contributed by atoms with E-state index in [4.69, 9.17) is 0 Å². The van der Waals surface area contributed by atoms with Crippen molar-refractivity contribution < 1.29 is 155 Å². The van der Waals surface area contributed by atoms with Gasteiger partial charge >= 0.3 is 65.3 Å². The van der Waals surface area contributed by atoms with E-state index in [-0.39, 0.29) is 51.4 Å². The SMILES string of the molecule is F[B-](F)(F)F.F[B-](F)(F)F.F[B-](F)(F)F.F[B-](F)(F)F.F[B-](F)(F)F.F[B-](F)(F)F.F[B-](F)(F)F.F[B-](F)(F)F.F[B-](F)(F)F.[K]. The fourth-order valence-corrected chi connectivity index (χ4v) is 0. The van der Waals surface area contributed by atoms with Gasteiger partial charge in [-0.2, -0.15) is 0 Å². The van der Waals surface area contributed by atoms with E-state index in [1.165, 1.54) is 0 Å². The zero-order valence-electron chi connectivity index (χ0n) is 19.8. The van der Waals surface area contributed by atoms with Crippen molar-refractivity contribution in [1.82, 2.24) is 0 Å². The van der Waals surface area contributed by atoms with E-state index in [1.807, 2.05) is 0 Å². The number of hydrogen-bond donors (Lipinski definition) is 0. The van der Waals surface area contributed by atoms with Crippen molar-refractivity contribution in [3.8, 4) is 0 Å². The molecule has 0 atom stereocenters. The molecule has 0 N–H and O–H groups in total. The Morgan fingerprint density at radius 2 is 0.109 bits per heavy atom. The van der Waals surface area contributed by atoms with E-state index < -0.39 is 65.3 Å². The van der Waals surface area contributed by atoms with Crippen molar-refractivity contribution in [2.24, 2.45) is 0 Å². The van der Waals surface area contributed by atoms with Gasteiger partial charge in [-0.25, -0.2) is 0 Å². The van der Waals surface area contributed by atoms with Gasteiger partial charge in [0.2, 0.25) is 0 Å². The average Bonchev–Trinajstić information content (AvgIpc) is 2.26. The smallest absolute Gasteiger partial charge is 0.418 e. The Hall–Kier alpha value is -0.299. The van der Waals surface area contributed by atoms with Crippen molar-refractivity contribution >= 4 is 117 Å². The van der Waals surface area contributed by atoms with Crippen LogP contribution in [0.2, 0.25) is 0 Å². The second-order valence-corrected chi connectivity index (χ2v) is 4.45. The molecule has 0 rings (SSSR count). The minimum atomic E-state index is -6.00. The first-order valence-corrected chi connectivity index (χ1v) is 7.86. The molecule has 0 saturated heterocycles. The molecule has 0 aliphatic rings. The van der Waals surface area contributed by atoms with Crippen LogP contribution in [0.25, 0.3) is 0 Å². The van der Waals surface area contributed by atoms with Crippen molar-refractivity contribution in [3.63, 3.8) is 0 Å². The first-order chi connectivity index (χ1) is 18.0. The molecule has 1 radical (unpaired) electrons. The number of hydrogen-bond acceptors (Lipinski definition) is 0. The molecular formula is B9F36K-9. The van der Waals surface area contributed by atoms with Crippen LogP contribution in [0.1, 0.15) is 0 Å². The van der Waals surface area contributed by atoms with Gasteiger partial charge in [-0.1, -0.05) is 0 Å². The summed E-state index contributed by atoms with van der Waals surface area (Å²) in [7, 11) is -54.0. The second-order valence-electron chi connectivity index (χ2n) is 4.45. The molecular weight excluding hydrogens is 820 g/mol. The van der Waals surface area contributed by atoms with Gasteiger partial charge in [-0.05, 0) is 0 Å². The fourth-order valence-electron chi connectivity index (χ4n) is 0. The molecule has 46 heteroatoms. The van der Waals surface area contributed by atoms with E-state index in [2.05, 4.69) is 0 Å². The maximum Gasteiger partial charge on any atom is 0.673 e. The molecule has 0 spiro atoms. The van der Waals surface area contributed by atoms with Crippen molar-refractivity contribution in [2.45, 2.75) is 0 Å². The first kappa shape index (κ1) is 71.6. The van der Waals surface area contributed by atoms with E-state index in [0.717, 1.165) is 0 Å². The molecule has 0 unspecified atom stereocenters. The van der Waals surface area contributed by atoms with Crippen LogP contribution in [0, 0.1) is 0 Å². The summed E-state index contributed by atoms with van der Waals surface area (Å²) in [5.74, 6) is 0. The van der Waals surface area contributed by atoms with Crippen molar-refractivity contribution in [3.05, 3.63) is 0 Å². The van der Waals surface area contributed by atoms with Gasteiger partial charge in [0.05, 0.1) is 0 Å². The standard InChI is InChI=1S/9BF4.K/c9*2-1(3,4)5;/q9*-1;. The Kier molecular flexibility index (Phi) is 46.1. The molecule has 46 heavy (non-hydrogen) atoms. The van der Waals surface area contributed by atoms with Gasteiger partial charge in [0.1, 0.15) is 0 Å². The van der Waals surface area contributed by atoms with Gasteiger partial charge in [-0.3, -0.25) is 0 Å². The molecule has 0 amide bonds. The maximum atomic E-state index is 9.75. The summed E-state index contributed by atoms with van der Waals surface area (Å²) in [6.45, 7) is 0. The number of halogens is 36. The van der Waals surface area contributed by atoms with E-state index >= 15 is 0 Å². The van der Waals surface area contributed by atoms with E-state index in [0.29, 0.717) is 0 Å². The molecule has 289 valence electrons. The van der Waals surface area contributed by atoms with E-state index in [9.17, 15) is 155 Å². The van der Waals surface area contributed by atoms with E-state index in [1.54, 1.807) is 0 Å². The summed E-state index contributed by atoms with van der Waals surface area (Å²) in [6, 6.07) is 0. The van der Waals surface area contributed by atoms with Crippen LogP contribution < -0.4 is 0 Å². The predicted octanol–water partition coefficient (Wildman–Crippen LogP) is 11.3. The summed E-state index contributed by atoms with van der Waals surface area (Å²) in [5, 5.41) is 0. The van der Waals surface area contributed by atoms with Crippen LogP contribution >= 0.6 is 0 Å². The first-order valence-electron chi connectivity index (χ1n) is 7.86. The zero-order valence-corrected chi connectivity index (χ0v) is 22.9. The Morgan fingerprint density at radius 1 is 0.109 bits per heavy atom. The van der Waals surface area contributed by atoms with Crippen LogP contribution in [0.5, 0.6) is 0 Å². The number of rotatable bonds is 0. The van der Waals surface area contributed by atoms with Gasteiger partial charge < -0.3 is 155 Å². The van der Waals surface area contributed by atoms with Crippen molar-refractivity contribution in [1.29, 1.82) is 0 Å². The van der Waals surface area contributed by atoms with Gasteiger partial charge in [0.25, 0.3) is 0 Å². The van der Waals surface area contributed by atoms with Gasteiger partial charge in [-0.15, -0.1) is 0 Å². The van der Waals surface area contributed by atoms with Crippen LogP contribution in [0.4, 0.5) is 155 Å². The molecule has 0 aromatic heterocycles. The van der Waals surface area contributed by atoms with Crippen molar-refractivity contribution in [2.75, 3.05) is 0 Å². The Bertz CT molecular complexity index is 350. The molecule has 0 aromatic rings.